The number of amides is 1. The lowest BCUT2D eigenvalue weighted by molar-refractivity contribution is -0.114. The lowest BCUT2D eigenvalue weighted by Gasteiger charge is -2.31. The van der Waals surface area contributed by atoms with E-state index in [1.54, 1.807) is 0 Å². The summed E-state index contributed by atoms with van der Waals surface area (Å²) in [7, 11) is 0. The average molecular weight is 233 g/mol. The van der Waals surface area contributed by atoms with Gasteiger partial charge in [0.15, 0.2) is 0 Å². The highest BCUT2D eigenvalue weighted by Crippen LogP contribution is 2.18. The van der Waals surface area contributed by atoms with E-state index in [1.165, 1.54) is 12.5 Å². The molecule has 1 heterocycles. The number of hydrogen-bond donors (Lipinski definition) is 3. The smallest absolute Gasteiger partial charge is 0.221 e. The minimum atomic E-state index is -0.0362. The molecule has 0 aromatic heterocycles. The van der Waals surface area contributed by atoms with Gasteiger partial charge in [0.1, 0.15) is 0 Å². The van der Waals surface area contributed by atoms with Crippen LogP contribution in [-0.2, 0) is 4.79 Å². The van der Waals surface area contributed by atoms with Crippen molar-refractivity contribution in [2.75, 3.05) is 18.4 Å². The summed E-state index contributed by atoms with van der Waals surface area (Å²) >= 11 is 0. The third-order valence-corrected chi connectivity index (χ3v) is 2.97. The SMILES string of the molecule is CC(=O)Nc1cccc(C(C)NC2CNC2)c1. The maximum atomic E-state index is 11.0. The molecule has 1 aromatic rings. The van der Waals surface area contributed by atoms with Crippen LogP contribution in [0.4, 0.5) is 5.69 Å². The van der Waals surface area contributed by atoms with Crippen LogP contribution in [0.25, 0.3) is 0 Å². The lowest BCUT2D eigenvalue weighted by atomic mass is 10.0. The monoisotopic (exact) mass is 233 g/mol. The van der Waals surface area contributed by atoms with Gasteiger partial charge >= 0.3 is 0 Å². The Hall–Kier alpha value is -1.39. The summed E-state index contributed by atoms with van der Waals surface area (Å²) in [6, 6.07) is 8.84. The quantitative estimate of drug-likeness (QED) is 0.734. The van der Waals surface area contributed by atoms with Gasteiger partial charge in [-0.25, -0.2) is 0 Å². The van der Waals surface area contributed by atoms with Gasteiger partial charge in [0.2, 0.25) is 5.91 Å². The van der Waals surface area contributed by atoms with Crippen molar-refractivity contribution in [2.45, 2.75) is 25.9 Å². The molecule has 1 aliphatic rings. The van der Waals surface area contributed by atoms with Gasteiger partial charge in [-0.15, -0.1) is 0 Å². The second kappa shape index (κ2) is 5.29. The molecule has 1 aromatic carbocycles. The molecule has 0 spiro atoms. The number of hydrogen-bond acceptors (Lipinski definition) is 3. The third-order valence-electron chi connectivity index (χ3n) is 2.97. The summed E-state index contributed by atoms with van der Waals surface area (Å²) in [5.41, 5.74) is 2.05. The topological polar surface area (TPSA) is 53.2 Å². The Kier molecular flexibility index (Phi) is 3.76. The molecule has 0 aliphatic carbocycles. The molecule has 1 unspecified atom stereocenters. The second-order valence-corrected chi connectivity index (χ2v) is 4.55. The second-order valence-electron chi connectivity index (χ2n) is 4.55. The van der Waals surface area contributed by atoms with Gasteiger partial charge < -0.3 is 16.0 Å². The molecule has 4 nitrogen and oxygen atoms in total. The Balaban J connectivity index is 2.00. The van der Waals surface area contributed by atoms with E-state index in [2.05, 4.69) is 28.9 Å². The number of carbonyl (C=O) groups excluding carboxylic acids is 1. The van der Waals surface area contributed by atoms with Crippen LogP contribution in [0.15, 0.2) is 24.3 Å². The zero-order chi connectivity index (χ0) is 12.3. The maximum absolute atomic E-state index is 11.0. The Morgan fingerprint density at radius 2 is 2.24 bits per heavy atom. The first-order valence-electron chi connectivity index (χ1n) is 5.99. The fourth-order valence-corrected chi connectivity index (χ4v) is 1.95. The van der Waals surface area contributed by atoms with E-state index in [0.29, 0.717) is 12.1 Å². The van der Waals surface area contributed by atoms with Crippen molar-refractivity contribution in [2.24, 2.45) is 0 Å². The van der Waals surface area contributed by atoms with Gasteiger partial charge in [-0.05, 0) is 24.6 Å². The Bertz CT molecular complexity index is 401. The normalized spacial score (nSPS) is 17.3. The summed E-state index contributed by atoms with van der Waals surface area (Å²) in [4.78, 5) is 11.0. The number of benzene rings is 1. The summed E-state index contributed by atoms with van der Waals surface area (Å²) in [5, 5.41) is 9.58. The lowest BCUT2D eigenvalue weighted by Crippen LogP contribution is -2.55. The molecule has 1 aliphatic heterocycles. The summed E-state index contributed by atoms with van der Waals surface area (Å²) in [6.45, 7) is 5.74. The number of carbonyl (C=O) groups is 1. The van der Waals surface area contributed by atoms with E-state index in [1.807, 2.05) is 18.2 Å². The molecule has 17 heavy (non-hydrogen) atoms. The first-order valence-corrected chi connectivity index (χ1v) is 5.99. The van der Waals surface area contributed by atoms with E-state index in [4.69, 9.17) is 0 Å². The minimum absolute atomic E-state index is 0.0362. The third kappa shape index (κ3) is 3.28. The molecule has 92 valence electrons. The minimum Gasteiger partial charge on any atom is -0.326 e. The first-order chi connectivity index (χ1) is 8.15. The predicted molar refractivity (Wildman–Crippen MR) is 69.0 cm³/mol. The highest BCUT2D eigenvalue weighted by Gasteiger charge is 2.19. The van der Waals surface area contributed by atoms with Crippen LogP contribution in [0.2, 0.25) is 0 Å². The largest absolute Gasteiger partial charge is 0.326 e. The van der Waals surface area contributed by atoms with Crippen molar-refractivity contribution in [3.8, 4) is 0 Å². The predicted octanol–water partition coefficient (Wildman–Crippen LogP) is 1.27. The molecule has 1 atom stereocenters. The number of anilines is 1. The van der Waals surface area contributed by atoms with Gasteiger partial charge in [-0.2, -0.15) is 0 Å². The molecule has 3 N–H and O–H groups in total. The zero-order valence-corrected chi connectivity index (χ0v) is 10.3. The highest BCUT2D eigenvalue weighted by molar-refractivity contribution is 5.88. The van der Waals surface area contributed by atoms with E-state index in [0.717, 1.165) is 18.8 Å². The molecular weight excluding hydrogens is 214 g/mol. The van der Waals surface area contributed by atoms with Gasteiger partial charge in [0.05, 0.1) is 0 Å². The van der Waals surface area contributed by atoms with Crippen molar-refractivity contribution in [3.05, 3.63) is 29.8 Å². The Morgan fingerprint density at radius 3 is 2.82 bits per heavy atom. The van der Waals surface area contributed by atoms with E-state index in [-0.39, 0.29) is 5.91 Å². The van der Waals surface area contributed by atoms with Crippen LogP contribution in [0.5, 0.6) is 0 Å². The van der Waals surface area contributed by atoms with Crippen molar-refractivity contribution >= 4 is 11.6 Å². The molecule has 1 fully saturated rings. The van der Waals surface area contributed by atoms with Gasteiger partial charge in [0, 0.05) is 37.8 Å². The Labute approximate surface area is 102 Å². The van der Waals surface area contributed by atoms with Crippen molar-refractivity contribution in [1.82, 2.24) is 10.6 Å². The maximum Gasteiger partial charge on any atom is 0.221 e. The molecule has 1 amide bonds. The van der Waals surface area contributed by atoms with E-state index >= 15 is 0 Å². The standard InChI is InChI=1S/C13H19N3O/c1-9(15-13-7-14-8-13)11-4-3-5-12(6-11)16-10(2)17/h3-6,9,13-15H,7-8H2,1-2H3,(H,16,17). The molecule has 0 saturated carbocycles. The average Bonchev–Trinajstić information content (AvgIpc) is 2.22. The number of rotatable bonds is 4. The zero-order valence-electron chi connectivity index (χ0n) is 10.3. The van der Waals surface area contributed by atoms with Crippen LogP contribution in [0, 0.1) is 0 Å². The molecular formula is C13H19N3O. The number of nitrogens with one attached hydrogen (secondary N) is 3. The van der Waals surface area contributed by atoms with Gasteiger partial charge in [-0.3, -0.25) is 4.79 Å². The molecule has 0 radical (unpaired) electrons. The molecule has 0 bridgehead atoms. The van der Waals surface area contributed by atoms with Gasteiger partial charge in [-0.1, -0.05) is 12.1 Å². The van der Waals surface area contributed by atoms with Crippen LogP contribution in [0.1, 0.15) is 25.5 Å². The first kappa shape index (κ1) is 12.1. The molecule has 1 saturated heterocycles. The molecule has 4 heteroatoms. The highest BCUT2D eigenvalue weighted by atomic mass is 16.1. The van der Waals surface area contributed by atoms with Crippen LogP contribution in [0.3, 0.4) is 0 Å². The van der Waals surface area contributed by atoms with Crippen molar-refractivity contribution in [3.63, 3.8) is 0 Å². The Morgan fingerprint density at radius 1 is 1.47 bits per heavy atom. The summed E-state index contributed by atoms with van der Waals surface area (Å²) < 4.78 is 0. The van der Waals surface area contributed by atoms with Gasteiger partial charge in [0.25, 0.3) is 0 Å². The van der Waals surface area contributed by atoms with E-state index < -0.39 is 0 Å². The van der Waals surface area contributed by atoms with Crippen LogP contribution >= 0.6 is 0 Å². The molecule has 2 rings (SSSR count). The fourth-order valence-electron chi connectivity index (χ4n) is 1.95. The van der Waals surface area contributed by atoms with Crippen molar-refractivity contribution in [1.29, 1.82) is 0 Å². The van der Waals surface area contributed by atoms with Crippen LogP contribution < -0.4 is 16.0 Å². The summed E-state index contributed by atoms with van der Waals surface area (Å²) in [5.74, 6) is -0.0362. The van der Waals surface area contributed by atoms with Crippen molar-refractivity contribution < 1.29 is 4.79 Å². The summed E-state index contributed by atoms with van der Waals surface area (Å²) in [6.07, 6.45) is 0. The van der Waals surface area contributed by atoms with E-state index in [9.17, 15) is 4.79 Å². The van der Waals surface area contributed by atoms with Crippen LogP contribution in [-0.4, -0.2) is 25.0 Å². The fraction of sp³-hybridized carbons (Fsp3) is 0.462.